The average molecular weight is 548 g/mol. The summed E-state index contributed by atoms with van der Waals surface area (Å²) in [4.78, 5) is 29.2. The van der Waals surface area contributed by atoms with Crippen LogP contribution in [0.1, 0.15) is 22.3 Å². The van der Waals surface area contributed by atoms with E-state index in [-0.39, 0.29) is 6.07 Å². The largest absolute Gasteiger partial charge is 0.418 e. The molecule has 0 spiro atoms. The summed E-state index contributed by atoms with van der Waals surface area (Å²) in [5.41, 5.74) is 1.53. The van der Waals surface area contributed by atoms with Crippen molar-refractivity contribution in [3.05, 3.63) is 47.3 Å². The SMILES string of the molecule is Nc1ncnn2c(-c3cc(C(=O)N[C@@H]4CN(C(=O)C5CC5(F)F)C[C@@H]4F)c(F)cc3F)cc(C(F)(F)F)c12. The van der Waals surface area contributed by atoms with Gasteiger partial charge in [0.2, 0.25) is 5.91 Å². The van der Waals surface area contributed by atoms with Gasteiger partial charge in [0.05, 0.1) is 29.4 Å². The Bertz CT molecular complexity index is 1470. The second-order valence-corrected chi connectivity index (χ2v) is 9.02. The zero-order valence-corrected chi connectivity index (χ0v) is 18.9. The summed E-state index contributed by atoms with van der Waals surface area (Å²) in [5, 5.41) is 5.80. The van der Waals surface area contributed by atoms with Gasteiger partial charge in [0.25, 0.3) is 11.8 Å². The summed E-state index contributed by atoms with van der Waals surface area (Å²) in [5.74, 6) is -10.3. The number of alkyl halides is 6. The molecule has 3 aromatic rings. The Labute approximate surface area is 207 Å². The molecule has 2 aromatic heterocycles. The van der Waals surface area contributed by atoms with Crippen LogP contribution in [0.3, 0.4) is 0 Å². The Balaban J connectivity index is 1.45. The molecular weight excluding hydrogens is 532 g/mol. The van der Waals surface area contributed by atoms with E-state index in [1.54, 1.807) is 0 Å². The molecule has 1 aliphatic carbocycles. The summed E-state index contributed by atoms with van der Waals surface area (Å²) in [6.45, 7) is -1.05. The number of amides is 2. The lowest BCUT2D eigenvalue weighted by atomic mass is 10.0. The van der Waals surface area contributed by atoms with Crippen LogP contribution < -0.4 is 11.1 Å². The molecule has 16 heteroatoms. The molecule has 3 N–H and O–H groups in total. The Morgan fingerprint density at radius 3 is 2.42 bits per heavy atom. The first-order valence-corrected chi connectivity index (χ1v) is 11.0. The van der Waals surface area contributed by atoms with Crippen molar-refractivity contribution in [2.24, 2.45) is 5.92 Å². The van der Waals surface area contributed by atoms with Crippen LogP contribution >= 0.6 is 0 Å². The molecule has 2 fully saturated rings. The highest BCUT2D eigenvalue weighted by Gasteiger charge is 2.63. The minimum absolute atomic E-state index is 0.258. The second-order valence-electron chi connectivity index (χ2n) is 9.02. The minimum Gasteiger partial charge on any atom is -0.382 e. The molecule has 1 unspecified atom stereocenters. The highest BCUT2D eigenvalue weighted by molar-refractivity contribution is 5.96. The summed E-state index contributed by atoms with van der Waals surface area (Å²) in [6.07, 6.45) is -6.68. The van der Waals surface area contributed by atoms with Crippen LogP contribution in [0.15, 0.2) is 24.5 Å². The molecule has 3 atom stereocenters. The van der Waals surface area contributed by atoms with E-state index in [9.17, 15) is 44.7 Å². The predicted octanol–water partition coefficient (Wildman–Crippen LogP) is 3.21. The van der Waals surface area contributed by atoms with Crippen molar-refractivity contribution in [3.8, 4) is 11.3 Å². The van der Waals surface area contributed by atoms with Crippen LogP contribution in [0.5, 0.6) is 0 Å². The summed E-state index contributed by atoms with van der Waals surface area (Å²) >= 11 is 0. The van der Waals surface area contributed by atoms with Crippen LogP contribution in [0.4, 0.5) is 40.9 Å². The highest BCUT2D eigenvalue weighted by Crippen LogP contribution is 2.50. The molecule has 38 heavy (non-hydrogen) atoms. The summed E-state index contributed by atoms with van der Waals surface area (Å²) in [7, 11) is 0. The normalized spacial score (nSPS) is 22.6. The number of hydrogen-bond acceptors (Lipinski definition) is 5. The number of likely N-dealkylation sites (tertiary alicyclic amines) is 1. The lowest BCUT2D eigenvalue weighted by molar-refractivity contribution is -0.136. The number of halogens is 8. The molecule has 3 heterocycles. The van der Waals surface area contributed by atoms with Gasteiger partial charge < -0.3 is 16.0 Å². The molecule has 202 valence electrons. The van der Waals surface area contributed by atoms with E-state index in [4.69, 9.17) is 5.73 Å². The topological polar surface area (TPSA) is 106 Å². The fourth-order valence-electron chi connectivity index (χ4n) is 4.42. The second kappa shape index (κ2) is 8.52. The fraction of sp³-hybridized carbons (Fsp3) is 0.364. The van der Waals surface area contributed by atoms with Crippen LogP contribution in [-0.2, 0) is 11.0 Å². The Kier molecular flexibility index (Phi) is 5.76. The number of carbonyl (C=O) groups is 2. The molecule has 1 saturated heterocycles. The number of nitrogen functional groups attached to an aromatic ring is 1. The van der Waals surface area contributed by atoms with Gasteiger partial charge in [-0.1, -0.05) is 0 Å². The monoisotopic (exact) mass is 548 g/mol. The first-order valence-electron chi connectivity index (χ1n) is 11.0. The molecule has 1 saturated carbocycles. The predicted molar refractivity (Wildman–Crippen MR) is 114 cm³/mol. The van der Waals surface area contributed by atoms with Gasteiger partial charge in [0, 0.05) is 24.6 Å². The molecule has 8 nitrogen and oxygen atoms in total. The Morgan fingerprint density at radius 1 is 1.11 bits per heavy atom. The van der Waals surface area contributed by atoms with Crippen molar-refractivity contribution in [1.29, 1.82) is 0 Å². The van der Waals surface area contributed by atoms with Crippen LogP contribution in [0.2, 0.25) is 0 Å². The first-order chi connectivity index (χ1) is 17.7. The fourth-order valence-corrected chi connectivity index (χ4v) is 4.42. The lowest BCUT2D eigenvalue weighted by Gasteiger charge is -2.17. The lowest BCUT2D eigenvalue weighted by Crippen LogP contribution is -2.42. The van der Waals surface area contributed by atoms with Gasteiger partial charge in [0.1, 0.15) is 35.6 Å². The number of benzene rings is 1. The van der Waals surface area contributed by atoms with Crippen LogP contribution in [0.25, 0.3) is 16.8 Å². The maximum absolute atomic E-state index is 14.8. The number of anilines is 1. The van der Waals surface area contributed by atoms with Gasteiger partial charge in [-0.25, -0.2) is 31.5 Å². The van der Waals surface area contributed by atoms with E-state index in [1.807, 2.05) is 0 Å². The van der Waals surface area contributed by atoms with Crippen molar-refractivity contribution < 1.29 is 44.7 Å². The average Bonchev–Trinajstić information content (AvgIpc) is 3.12. The van der Waals surface area contributed by atoms with E-state index in [2.05, 4.69) is 15.4 Å². The quantitative estimate of drug-likeness (QED) is 0.488. The molecule has 1 aromatic carbocycles. The van der Waals surface area contributed by atoms with E-state index in [0.717, 1.165) is 11.2 Å². The summed E-state index contributed by atoms with van der Waals surface area (Å²) < 4.78 is 112. The highest BCUT2D eigenvalue weighted by atomic mass is 19.4. The number of fused-ring (bicyclic) bond motifs is 1. The number of nitrogens with one attached hydrogen (secondary N) is 1. The third-order valence-electron chi connectivity index (χ3n) is 6.47. The Hall–Kier alpha value is -3.98. The molecule has 2 amide bonds. The van der Waals surface area contributed by atoms with E-state index in [0.29, 0.717) is 16.6 Å². The third-order valence-corrected chi connectivity index (χ3v) is 6.47. The number of rotatable bonds is 4. The zero-order chi connectivity index (χ0) is 27.7. The van der Waals surface area contributed by atoms with Gasteiger partial charge in [-0.3, -0.25) is 9.59 Å². The maximum atomic E-state index is 14.8. The van der Waals surface area contributed by atoms with Gasteiger partial charge >= 0.3 is 6.18 Å². The van der Waals surface area contributed by atoms with E-state index < -0.39 is 107 Å². The smallest absolute Gasteiger partial charge is 0.382 e. The van der Waals surface area contributed by atoms with Gasteiger partial charge in [-0.05, 0) is 12.1 Å². The van der Waals surface area contributed by atoms with Crippen molar-refractivity contribution in [2.75, 3.05) is 18.8 Å². The molecular formula is C22H16F8N6O2. The summed E-state index contributed by atoms with van der Waals surface area (Å²) in [6, 6.07) is -0.0148. The van der Waals surface area contributed by atoms with Gasteiger partial charge in [-0.2, -0.15) is 18.3 Å². The zero-order valence-electron chi connectivity index (χ0n) is 18.9. The Morgan fingerprint density at radius 2 is 1.79 bits per heavy atom. The van der Waals surface area contributed by atoms with E-state index >= 15 is 0 Å². The van der Waals surface area contributed by atoms with Crippen molar-refractivity contribution in [1.82, 2.24) is 24.8 Å². The molecule has 5 rings (SSSR count). The van der Waals surface area contributed by atoms with Crippen LogP contribution in [0, 0.1) is 17.6 Å². The molecule has 0 radical (unpaired) electrons. The number of nitrogens with zero attached hydrogens (tertiary/aromatic N) is 4. The maximum Gasteiger partial charge on any atom is 0.418 e. The van der Waals surface area contributed by atoms with Crippen LogP contribution in [-0.4, -0.2) is 62.5 Å². The molecule has 1 aliphatic heterocycles. The first kappa shape index (κ1) is 25.7. The van der Waals surface area contributed by atoms with Gasteiger partial charge in [-0.15, -0.1) is 0 Å². The van der Waals surface area contributed by atoms with Crippen molar-refractivity contribution >= 4 is 23.1 Å². The number of hydrogen-bond donors (Lipinski definition) is 2. The number of carbonyl (C=O) groups excluding carboxylic acids is 2. The minimum atomic E-state index is -4.95. The third kappa shape index (κ3) is 4.26. The van der Waals surface area contributed by atoms with E-state index in [1.165, 1.54) is 0 Å². The standard InChI is InChI=1S/C22H16F8N6O2/c23-12-3-13(24)9(19(37)34-15-6-35(5-14(15)25)20(38)11-4-21(11,26)27)1-8(12)16-2-10(22(28,29)30)17-18(31)32-7-33-36(16)17/h1-3,7,11,14-15H,4-6H2,(H,34,37)(H2,31,32,33)/t11?,14-,15+/m0/s1. The van der Waals surface area contributed by atoms with Gasteiger partial charge in [0.15, 0.2) is 5.82 Å². The van der Waals surface area contributed by atoms with Crippen molar-refractivity contribution in [2.45, 2.75) is 30.7 Å². The number of aromatic nitrogens is 3. The number of nitrogens with two attached hydrogens (primary N) is 1. The molecule has 0 bridgehead atoms. The van der Waals surface area contributed by atoms with Crippen molar-refractivity contribution in [3.63, 3.8) is 0 Å². The molecule has 2 aliphatic rings.